The molecule has 8 rings (SSSR count). The lowest BCUT2D eigenvalue weighted by Crippen LogP contribution is -2.43. The fourth-order valence-electron chi connectivity index (χ4n) is 9.68. The molecule has 22 heteroatoms. The van der Waals surface area contributed by atoms with Gasteiger partial charge in [-0.05, 0) is 97.8 Å². The molecule has 0 spiro atoms. The molecule has 0 saturated heterocycles. The van der Waals surface area contributed by atoms with Crippen LogP contribution in [0.5, 0.6) is 23.0 Å². The normalized spacial score (nSPS) is 14.8. The highest BCUT2D eigenvalue weighted by Gasteiger charge is 2.37. The first-order valence-electron chi connectivity index (χ1n) is 28.3. The zero-order valence-corrected chi connectivity index (χ0v) is 51.1. The number of aliphatic imine (C=N–C) groups is 1. The highest BCUT2D eigenvalue weighted by atomic mass is 33.1. The van der Waals surface area contributed by atoms with Crippen molar-refractivity contribution >= 4 is 98.0 Å². The average molecular weight is 1200 g/mol. The molecular formula is C63H77N9O11S2. The van der Waals surface area contributed by atoms with Crippen molar-refractivity contribution in [2.45, 2.75) is 115 Å². The van der Waals surface area contributed by atoms with Crippen LogP contribution in [0.25, 0.3) is 0 Å². The van der Waals surface area contributed by atoms with Crippen LogP contribution in [0.3, 0.4) is 0 Å². The van der Waals surface area contributed by atoms with Crippen LogP contribution in [0.15, 0.2) is 96.0 Å². The van der Waals surface area contributed by atoms with Gasteiger partial charge in [0, 0.05) is 89.5 Å². The molecule has 452 valence electrons. The maximum Gasteiger partial charge on any atom is 0.261 e. The van der Waals surface area contributed by atoms with Crippen molar-refractivity contribution in [3.05, 3.63) is 124 Å². The summed E-state index contributed by atoms with van der Waals surface area (Å²) in [6, 6.07) is 27.8. The number of benzene rings is 5. The number of methoxy groups -OCH3 is 2. The van der Waals surface area contributed by atoms with E-state index >= 15 is 0 Å². The molecule has 0 radical (unpaired) electrons. The van der Waals surface area contributed by atoms with Gasteiger partial charge in [-0.2, -0.15) is 0 Å². The second-order valence-electron chi connectivity index (χ2n) is 21.5. The molecule has 0 fully saturated rings. The van der Waals surface area contributed by atoms with E-state index in [2.05, 4.69) is 64.5 Å². The van der Waals surface area contributed by atoms with Crippen LogP contribution < -0.4 is 61.1 Å². The molecule has 7 N–H and O–H groups in total. The smallest absolute Gasteiger partial charge is 0.261 e. The fourth-order valence-corrected chi connectivity index (χ4v) is 12.3. The van der Waals surface area contributed by atoms with Crippen LogP contribution in [0.1, 0.15) is 110 Å². The summed E-state index contributed by atoms with van der Waals surface area (Å²) in [7, 11) is 8.28. The van der Waals surface area contributed by atoms with Crippen LogP contribution in [0.2, 0.25) is 0 Å². The Balaban J connectivity index is 0.00000338. The van der Waals surface area contributed by atoms with Crippen LogP contribution in [-0.4, -0.2) is 117 Å². The minimum absolute atomic E-state index is 0.0271. The number of ether oxygens (including phenoxy) is 4. The van der Waals surface area contributed by atoms with Crippen molar-refractivity contribution in [3.63, 3.8) is 0 Å². The number of aldehydes is 1. The quantitative estimate of drug-likeness (QED) is 0.0202. The molecule has 5 aromatic carbocycles. The van der Waals surface area contributed by atoms with Gasteiger partial charge in [0.05, 0.1) is 57.2 Å². The molecule has 0 bridgehead atoms. The lowest BCUT2D eigenvalue weighted by Gasteiger charge is -2.24. The third kappa shape index (κ3) is 17.9. The standard InChI is InChI=1S/C60H69N9O11S2.C3H8/c1-36(15-16-54(61)71)81-82-60(2,3)18-17-55(72)64-30-56(73)65-31-57(74)66-32-58(75)67-42-20-37(34-79-52-26-46(41(33-70)24-50(52)77-5)62-28-43-22-39-11-7-9-13-48(39)68(43)4)19-38(21-42)35-80-53-27-47-45(25-51(53)78-6)59(76)69-44(29-63-47)23-40-12-8-10-14-49(40)69;1-3-2/h7-14,19-21,24-27,29,33,36,43-44,62H,15-18,22-23,28,30-32,34-35H2,1-6H3,(H2,61,71)(H,64,72)(H,65,73)(H,66,74)(H,67,75);3H2,1-2H3/t36?,43?,44-;/m0./s1. The zero-order chi connectivity index (χ0) is 61.2. The largest absolute Gasteiger partial charge is 0.493 e. The topological polar surface area (TPSA) is 261 Å². The molecule has 0 aliphatic carbocycles. The van der Waals surface area contributed by atoms with Gasteiger partial charge < -0.3 is 56.2 Å². The van der Waals surface area contributed by atoms with Crippen molar-refractivity contribution < 1.29 is 52.5 Å². The highest BCUT2D eigenvalue weighted by Crippen LogP contribution is 2.43. The molecule has 6 amide bonds. The molecule has 2 unspecified atom stereocenters. The number of para-hydroxylation sites is 2. The summed E-state index contributed by atoms with van der Waals surface area (Å²) in [6.45, 7) is 9.57. The zero-order valence-electron chi connectivity index (χ0n) is 49.5. The van der Waals surface area contributed by atoms with E-state index in [0.29, 0.717) is 94.5 Å². The Labute approximate surface area is 504 Å². The van der Waals surface area contributed by atoms with Crippen molar-refractivity contribution in [3.8, 4) is 23.0 Å². The number of primary amides is 1. The summed E-state index contributed by atoms with van der Waals surface area (Å²) in [6.07, 6.45) is 6.96. The lowest BCUT2D eigenvalue weighted by atomic mass is 10.1. The van der Waals surface area contributed by atoms with Crippen molar-refractivity contribution in [2.24, 2.45) is 10.7 Å². The number of fused-ring (bicyclic) bond motifs is 5. The molecule has 3 aliphatic heterocycles. The summed E-state index contributed by atoms with van der Waals surface area (Å²) in [5.74, 6) is -1.35. The first-order valence-corrected chi connectivity index (χ1v) is 30.5. The van der Waals surface area contributed by atoms with E-state index < -0.39 is 30.8 Å². The molecule has 3 heterocycles. The van der Waals surface area contributed by atoms with Gasteiger partial charge in [-0.25, -0.2) is 0 Å². The van der Waals surface area contributed by atoms with Crippen LogP contribution in [0, 0.1) is 0 Å². The second-order valence-corrected chi connectivity index (χ2v) is 24.9. The minimum Gasteiger partial charge on any atom is -0.493 e. The molecule has 0 aromatic heterocycles. The van der Waals surface area contributed by atoms with E-state index in [1.807, 2.05) is 63.2 Å². The number of hydrogen-bond acceptors (Lipinski definition) is 16. The minimum atomic E-state index is -0.637. The Morgan fingerprint density at radius 3 is 1.98 bits per heavy atom. The number of amides is 6. The number of rotatable bonds is 28. The number of nitrogens with two attached hydrogens (primary N) is 1. The average Bonchev–Trinajstić information content (AvgIpc) is 1.82. The van der Waals surface area contributed by atoms with E-state index in [9.17, 15) is 33.6 Å². The maximum atomic E-state index is 14.1. The maximum absolute atomic E-state index is 14.1. The van der Waals surface area contributed by atoms with Crippen LogP contribution in [-0.2, 0) is 50.0 Å². The van der Waals surface area contributed by atoms with E-state index in [0.717, 1.165) is 29.6 Å². The number of likely N-dealkylation sites (N-methyl/N-ethyl adjacent to an activating group) is 1. The van der Waals surface area contributed by atoms with Gasteiger partial charge >= 0.3 is 0 Å². The number of carbonyl (C=O) groups is 7. The summed E-state index contributed by atoms with van der Waals surface area (Å²) >= 11 is 0. The predicted molar refractivity (Wildman–Crippen MR) is 336 cm³/mol. The predicted octanol–water partition coefficient (Wildman–Crippen LogP) is 8.73. The van der Waals surface area contributed by atoms with Crippen molar-refractivity contribution in [2.75, 3.05) is 67.9 Å². The number of nitrogens with one attached hydrogen (secondary N) is 5. The Kier molecular flexibility index (Phi) is 23.1. The number of carbonyl (C=O) groups excluding carboxylic acids is 7. The van der Waals surface area contributed by atoms with Gasteiger partial charge in [0.1, 0.15) is 13.2 Å². The SMILES string of the molecule is CCC.COc1cc2c(cc1OCc1cc(COc3cc(NCC4Cc5ccccc5N4C)c(C=O)cc3OC)cc(NC(=O)CNC(=O)CNC(=O)CNC(=O)CCC(C)(C)SSC(C)CCC(N)=O)c1)N=C[C@@H]1Cc3ccccc3N1C2=O. The van der Waals surface area contributed by atoms with Crippen LogP contribution >= 0.6 is 21.6 Å². The molecule has 20 nitrogen and oxygen atoms in total. The second kappa shape index (κ2) is 30.5. The number of nitrogens with zero attached hydrogens (tertiary/aromatic N) is 3. The molecule has 3 aliphatic rings. The first-order chi connectivity index (χ1) is 40.8. The fraction of sp³-hybridized carbons (Fsp3) is 0.397. The summed E-state index contributed by atoms with van der Waals surface area (Å²) in [5, 5.41) is 14.1. The molecule has 3 atom stereocenters. The van der Waals surface area contributed by atoms with Gasteiger partial charge in [0.25, 0.3) is 5.91 Å². The van der Waals surface area contributed by atoms with E-state index in [4.69, 9.17) is 29.7 Å². The van der Waals surface area contributed by atoms with Gasteiger partial charge in [0.15, 0.2) is 29.3 Å². The van der Waals surface area contributed by atoms with Gasteiger partial charge in [-0.15, -0.1) is 0 Å². The highest BCUT2D eigenvalue weighted by molar-refractivity contribution is 8.77. The third-order valence-electron chi connectivity index (χ3n) is 14.1. The summed E-state index contributed by atoms with van der Waals surface area (Å²) in [4.78, 5) is 97.7. The van der Waals surface area contributed by atoms with Gasteiger partial charge in [-0.3, -0.25) is 43.5 Å². The first kappa shape index (κ1) is 64.3. The molecule has 0 saturated carbocycles. The van der Waals surface area contributed by atoms with Crippen molar-refractivity contribution in [1.29, 1.82) is 0 Å². The summed E-state index contributed by atoms with van der Waals surface area (Å²) in [5.41, 5.74) is 12.9. The van der Waals surface area contributed by atoms with E-state index in [1.54, 1.807) is 69.1 Å². The Bertz CT molecular complexity index is 3270. The van der Waals surface area contributed by atoms with Crippen molar-refractivity contribution in [1.82, 2.24) is 16.0 Å². The van der Waals surface area contributed by atoms with Gasteiger partial charge in [-0.1, -0.05) is 85.2 Å². The Hall–Kier alpha value is -8.24. The monoisotopic (exact) mass is 1200 g/mol. The summed E-state index contributed by atoms with van der Waals surface area (Å²) < 4.78 is 24.0. The number of hydrogen-bond donors (Lipinski definition) is 6. The van der Waals surface area contributed by atoms with Gasteiger partial charge in [0.2, 0.25) is 29.5 Å². The lowest BCUT2D eigenvalue weighted by molar-refractivity contribution is -0.128. The molecule has 85 heavy (non-hydrogen) atoms. The molecular weight excluding hydrogens is 1120 g/mol. The molecule has 5 aromatic rings. The van der Waals surface area contributed by atoms with E-state index in [-0.39, 0.29) is 66.0 Å². The van der Waals surface area contributed by atoms with E-state index in [1.165, 1.54) is 26.2 Å². The number of anilines is 4. The Morgan fingerprint density at radius 2 is 1.35 bits per heavy atom. The Morgan fingerprint density at radius 1 is 0.765 bits per heavy atom. The third-order valence-corrected chi connectivity index (χ3v) is 18.1. The van der Waals surface area contributed by atoms with Crippen LogP contribution in [0.4, 0.5) is 28.4 Å².